The number of ether oxygens (including phenoxy) is 2. The summed E-state index contributed by atoms with van der Waals surface area (Å²) < 4.78 is 15.9. The summed E-state index contributed by atoms with van der Waals surface area (Å²) in [5.41, 5.74) is 1.96. The smallest absolute Gasteiger partial charge is 0.249 e. The Morgan fingerprint density at radius 3 is 2.40 bits per heavy atom. The molecule has 1 atom stereocenters. The molecule has 30 heavy (non-hydrogen) atoms. The van der Waals surface area contributed by atoms with Gasteiger partial charge in [0, 0.05) is 18.5 Å². The van der Waals surface area contributed by atoms with E-state index >= 15 is 0 Å². The number of hydrogen-bond donors (Lipinski definition) is 0. The third-order valence-corrected chi connectivity index (χ3v) is 5.43. The molecule has 0 spiro atoms. The molecular formula is C23H25N3O4. The maximum atomic E-state index is 12.9. The van der Waals surface area contributed by atoms with Gasteiger partial charge in [0.25, 0.3) is 0 Å². The Labute approximate surface area is 175 Å². The van der Waals surface area contributed by atoms with Gasteiger partial charge in [-0.1, -0.05) is 17.3 Å². The van der Waals surface area contributed by atoms with E-state index in [1.165, 1.54) is 0 Å². The summed E-state index contributed by atoms with van der Waals surface area (Å²) in [6.07, 6.45) is 2.90. The van der Waals surface area contributed by atoms with Crippen LogP contribution in [0.1, 0.15) is 36.8 Å². The van der Waals surface area contributed by atoms with E-state index in [1.54, 1.807) is 14.2 Å². The quantitative estimate of drug-likeness (QED) is 0.588. The van der Waals surface area contributed by atoms with Crippen molar-refractivity contribution in [1.82, 2.24) is 15.0 Å². The lowest BCUT2D eigenvalue weighted by atomic mass is 10.1. The van der Waals surface area contributed by atoms with Crippen molar-refractivity contribution in [3.63, 3.8) is 0 Å². The van der Waals surface area contributed by atoms with Gasteiger partial charge in [-0.15, -0.1) is 0 Å². The third-order valence-electron chi connectivity index (χ3n) is 5.43. The number of nitrogens with zero attached hydrogens (tertiary/aromatic N) is 3. The van der Waals surface area contributed by atoms with Gasteiger partial charge in [-0.3, -0.25) is 4.79 Å². The number of rotatable bonds is 7. The van der Waals surface area contributed by atoms with Gasteiger partial charge in [0.1, 0.15) is 17.5 Å². The van der Waals surface area contributed by atoms with E-state index in [4.69, 9.17) is 14.0 Å². The molecule has 1 aliphatic heterocycles. The highest BCUT2D eigenvalue weighted by atomic mass is 16.5. The summed E-state index contributed by atoms with van der Waals surface area (Å²) in [5.74, 6) is 2.71. The number of aromatic nitrogens is 2. The van der Waals surface area contributed by atoms with E-state index in [2.05, 4.69) is 10.1 Å². The molecule has 0 bridgehead atoms. The van der Waals surface area contributed by atoms with E-state index in [1.807, 2.05) is 53.4 Å². The highest BCUT2D eigenvalue weighted by Crippen LogP contribution is 2.33. The molecule has 0 radical (unpaired) electrons. The molecule has 4 rings (SSSR count). The Balaban J connectivity index is 1.41. The summed E-state index contributed by atoms with van der Waals surface area (Å²) in [6, 6.07) is 15.1. The Hall–Kier alpha value is -3.35. The minimum Gasteiger partial charge on any atom is -0.497 e. The minimum atomic E-state index is -0.159. The number of methoxy groups -OCH3 is 2. The standard InChI is InChI=1S/C23H25N3O4/c1-28-18-10-5-16(6-11-18)7-14-21(27)26-15-3-4-20(26)23-24-22(25-30-23)17-8-12-19(29-2)13-9-17/h5-6,8-13,20H,3-4,7,14-15H2,1-2H3. The fourth-order valence-corrected chi connectivity index (χ4v) is 3.74. The average molecular weight is 407 g/mol. The van der Waals surface area contributed by atoms with Crippen LogP contribution in [-0.2, 0) is 11.2 Å². The highest BCUT2D eigenvalue weighted by molar-refractivity contribution is 5.77. The van der Waals surface area contributed by atoms with Crippen LogP contribution in [0.2, 0.25) is 0 Å². The number of carbonyl (C=O) groups is 1. The molecule has 1 amide bonds. The summed E-state index contributed by atoms with van der Waals surface area (Å²) >= 11 is 0. The molecule has 156 valence electrons. The normalized spacial score (nSPS) is 15.9. The SMILES string of the molecule is COc1ccc(CCC(=O)N2CCCC2c2nc(-c3ccc(OC)cc3)no2)cc1. The monoisotopic (exact) mass is 407 g/mol. The fraction of sp³-hybridized carbons (Fsp3) is 0.348. The van der Waals surface area contributed by atoms with Gasteiger partial charge in [0.05, 0.1) is 14.2 Å². The van der Waals surface area contributed by atoms with Crippen LogP contribution < -0.4 is 9.47 Å². The topological polar surface area (TPSA) is 77.7 Å². The lowest BCUT2D eigenvalue weighted by Gasteiger charge is -2.21. The molecule has 0 saturated carbocycles. The molecular weight excluding hydrogens is 382 g/mol. The van der Waals surface area contributed by atoms with Crippen molar-refractivity contribution < 1.29 is 18.8 Å². The molecule has 7 heteroatoms. The second-order valence-corrected chi connectivity index (χ2v) is 7.28. The molecule has 1 fully saturated rings. The fourth-order valence-electron chi connectivity index (χ4n) is 3.74. The molecule has 0 aliphatic carbocycles. The second kappa shape index (κ2) is 8.98. The van der Waals surface area contributed by atoms with Crippen LogP contribution in [0.5, 0.6) is 11.5 Å². The van der Waals surface area contributed by atoms with E-state index in [9.17, 15) is 4.79 Å². The highest BCUT2D eigenvalue weighted by Gasteiger charge is 2.33. The number of aryl methyl sites for hydroxylation is 1. The van der Waals surface area contributed by atoms with Gasteiger partial charge in [-0.25, -0.2) is 0 Å². The maximum absolute atomic E-state index is 12.9. The summed E-state index contributed by atoms with van der Waals surface area (Å²) in [5, 5.41) is 4.11. The molecule has 0 N–H and O–H groups in total. The third kappa shape index (κ3) is 4.30. The van der Waals surface area contributed by atoms with Gasteiger partial charge in [0.15, 0.2) is 0 Å². The number of amides is 1. The molecule has 3 aromatic rings. The van der Waals surface area contributed by atoms with Crippen molar-refractivity contribution in [2.24, 2.45) is 0 Å². The van der Waals surface area contributed by atoms with E-state index in [0.29, 0.717) is 31.1 Å². The molecule has 2 aromatic carbocycles. The van der Waals surface area contributed by atoms with Gasteiger partial charge < -0.3 is 18.9 Å². The van der Waals surface area contributed by atoms with E-state index in [-0.39, 0.29) is 11.9 Å². The van der Waals surface area contributed by atoms with Crippen molar-refractivity contribution in [2.75, 3.05) is 20.8 Å². The minimum absolute atomic E-state index is 0.109. The van der Waals surface area contributed by atoms with Gasteiger partial charge in [-0.2, -0.15) is 4.98 Å². The predicted molar refractivity (Wildman–Crippen MR) is 111 cm³/mol. The zero-order chi connectivity index (χ0) is 20.9. The average Bonchev–Trinajstić information content (AvgIpc) is 3.47. The lowest BCUT2D eigenvalue weighted by molar-refractivity contribution is -0.132. The van der Waals surface area contributed by atoms with Crippen LogP contribution in [0.4, 0.5) is 0 Å². The van der Waals surface area contributed by atoms with Crippen LogP contribution in [0.3, 0.4) is 0 Å². The van der Waals surface area contributed by atoms with Crippen LogP contribution in [0.15, 0.2) is 53.1 Å². The first-order valence-corrected chi connectivity index (χ1v) is 10.1. The summed E-state index contributed by atoms with van der Waals surface area (Å²) in [4.78, 5) is 19.3. The molecule has 1 unspecified atom stereocenters. The molecule has 1 aromatic heterocycles. The summed E-state index contributed by atoms with van der Waals surface area (Å²) in [7, 11) is 3.27. The molecule has 7 nitrogen and oxygen atoms in total. The molecule has 1 aliphatic rings. The van der Waals surface area contributed by atoms with Crippen LogP contribution >= 0.6 is 0 Å². The first-order chi connectivity index (χ1) is 14.7. The van der Waals surface area contributed by atoms with Crippen molar-refractivity contribution >= 4 is 5.91 Å². The maximum Gasteiger partial charge on any atom is 0.249 e. The van der Waals surface area contributed by atoms with Crippen molar-refractivity contribution in [1.29, 1.82) is 0 Å². The first-order valence-electron chi connectivity index (χ1n) is 10.1. The number of hydrogen-bond acceptors (Lipinski definition) is 6. The van der Waals surface area contributed by atoms with Crippen LogP contribution in [0, 0.1) is 0 Å². The number of benzene rings is 2. The lowest BCUT2D eigenvalue weighted by Crippen LogP contribution is -2.30. The van der Waals surface area contributed by atoms with E-state index < -0.39 is 0 Å². The first kappa shape index (κ1) is 19.9. The Morgan fingerprint density at radius 2 is 1.73 bits per heavy atom. The predicted octanol–water partition coefficient (Wildman–Crippen LogP) is 4.05. The summed E-state index contributed by atoms with van der Waals surface area (Å²) in [6.45, 7) is 0.715. The molecule has 2 heterocycles. The zero-order valence-corrected chi connectivity index (χ0v) is 17.2. The molecule has 1 saturated heterocycles. The number of likely N-dealkylation sites (tertiary alicyclic amines) is 1. The Morgan fingerprint density at radius 1 is 1.07 bits per heavy atom. The van der Waals surface area contributed by atoms with Gasteiger partial charge in [-0.05, 0) is 61.2 Å². The Kier molecular flexibility index (Phi) is 5.97. The van der Waals surface area contributed by atoms with E-state index in [0.717, 1.165) is 35.5 Å². The second-order valence-electron chi connectivity index (χ2n) is 7.28. The Bertz CT molecular complexity index is 982. The van der Waals surface area contributed by atoms with Crippen LogP contribution in [-0.4, -0.2) is 41.7 Å². The largest absolute Gasteiger partial charge is 0.497 e. The van der Waals surface area contributed by atoms with Gasteiger partial charge >= 0.3 is 0 Å². The number of carbonyl (C=O) groups excluding carboxylic acids is 1. The van der Waals surface area contributed by atoms with Crippen molar-refractivity contribution in [3.05, 3.63) is 60.0 Å². The zero-order valence-electron chi connectivity index (χ0n) is 17.2. The van der Waals surface area contributed by atoms with Crippen molar-refractivity contribution in [2.45, 2.75) is 31.7 Å². The van der Waals surface area contributed by atoms with Crippen molar-refractivity contribution in [3.8, 4) is 22.9 Å². The van der Waals surface area contributed by atoms with Crippen LogP contribution in [0.25, 0.3) is 11.4 Å². The van der Waals surface area contributed by atoms with Gasteiger partial charge in [0.2, 0.25) is 17.6 Å².